The van der Waals surface area contributed by atoms with Crippen LogP contribution in [0.5, 0.6) is 5.75 Å². The molecule has 0 aliphatic heterocycles. The fourth-order valence-corrected chi connectivity index (χ4v) is 0.932. The molecule has 0 radical (unpaired) electrons. The zero-order valence-electron chi connectivity index (χ0n) is 7.10. The van der Waals surface area contributed by atoms with E-state index in [0.29, 0.717) is 16.4 Å². The molecule has 0 heterocycles. The molecular formula is C8H10N2O3. The molecule has 70 valence electrons. The third kappa shape index (κ3) is 1.88. The number of methoxy groups -OCH3 is 1. The van der Waals surface area contributed by atoms with Crippen molar-refractivity contribution in [2.24, 2.45) is 5.84 Å². The highest BCUT2D eigenvalue weighted by atomic mass is 16.5. The summed E-state index contributed by atoms with van der Waals surface area (Å²) in [5.41, 5.74) is 0.317. The highest BCUT2D eigenvalue weighted by molar-refractivity contribution is 5.86. The minimum atomic E-state index is -1.23. The van der Waals surface area contributed by atoms with E-state index in [-0.39, 0.29) is 0 Å². The lowest BCUT2D eigenvalue weighted by Gasteiger charge is -2.15. The van der Waals surface area contributed by atoms with E-state index in [0.717, 1.165) is 0 Å². The zero-order valence-corrected chi connectivity index (χ0v) is 7.10. The summed E-state index contributed by atoms with van der Waals surface area (Å²) < 4.78 is 4.93. The van der Waals surface area contributed by atoms with Gasteiger partial charge in [-0.1, -0.05) is 12.1 Å². The van der Waals surface area contributed by atoms with Crippen molar-refractivity contribution in [3.8, 4) is 5.75 Å². The maximum absolute atomic E-state index is 10.5. The quantitative estimate of drug-likeness (QED) is 0.407. The summed E-state index contributed by atoms with van der Waals surface area (Å²) in [5, 5.41) is 9.21. The number of hydrazine groups is 1. The van der Waals surface area contributed by atoms with Crippen LogP contribution >= 0.6 is 0 Å². The monoisotopic (exact) mass is 182 g/mol. The van der Waals surface area contributed by atoms with Crippen LogP contribution in [-0.4, -0.2) is 18.3 Å². The maximum Gasteiger partial charge on any atom is 0.426 e. The fraction of sp³-hybridized carbons (Fsp3) is 0.125. The van der Waals surface area contributed by atoms with Crippen LogP contribution in [0.1, 0.15) is 0 Å². The van der Waals surface area contributed by atoms with E-state index >= 15 is 0 Å². The molecule has 1 aromatic carbocycles. The van der Waals surface area contributed by atoms with Crippen molar-refractivity contribution in [3.05, 3.63) is 24.3 Å². The van der Waals surface area contributed by atoms with Gasteiger partial charge in [-0.2, -0.15) is 0 Å². The summed E-state index contributed by atoms with van der Waals surface area (Å²) in [6.07, 6.45) is -1.23. The Morgan fingerprint density at radius 1 is 1.54 bits per heavy atom. The first-order valence-corrected chi connectivity index (χ1v) is 3.57. The Kier molecular flexibility index (Phi) is 2.71. The van der Waals surface area contributed by atoms with Gasteiger partial charge < -0.3 is 9.84 Å². The van der Waals surface area contributed by atoms with Crippen molar-refractivity contribution < 1.29 is 14.6 Å². The van der Waals surface area contributed by atoms with Crippen molar-refractivity contribution >= 4 is 11.8 Å². The van der Waals surface area contributed by atoms with E-state index in [4.69, 9.17) is 15.7 Å². The third-order valence-corrected chi connectivity index (χ3v) is 1.55. The molecule has 5 heteroatoms. The third-order valence-electron chi connectivity index (χ3n) is 1.55. The number of hydrogen-bond acceptors (Lipinski definition) is 3. The van der Waals surface area contributed by atoms with Gasteiger partial charge in [-0.05, 0) is 12.1 Å². The van der Waals surface area contributed by atoms with Crippen molar-refractivity contribution in [1.29, 1.82) is 0 Å². The van der Waals surface area contributed by atoms with Crippen molar-refractivity contribution in [2.45, 2.75) is 0 Å². The largest absolute Gasteiger partial charge is 0.495 e. The Hall–Kier alpha value is -1.75. The van der Waals surface area contributed by atoms with Crippen LogP contribution in [0.15, 0.2) is 24.3 Å². The average molecular weight is 182 g/mol. The number of benzene rings is 1. The van der Waals surface area contributed by atoms with E-state index in [1.54, 1.807) is 24.3 Å². The predicted molar refractivity (Wildman–Crippen MR) is 47.7 cm³/mol. The number of ether oxygens (including phenoxy) is 1. The minimum Gasteiger partial charge on any atom is -0.495 e. The Balaban J connectivity index is 3.05. The van der Waals surface area contributed by atoms with Gasteiger partial charge >= 0.3 is 6.09 Å². The molecule has 5 nitrogen and oxygen atoms in total. The standard InChI is InChI=1S/C8H10N2O3/c1-13-7-5-3-2-4-6(7)10(9)8(11)12/h2-5H,9H2,1H3,(H,11,12). The predicted octanol–water partition coefficient (Wildman–Crippen LogP) is 1.05. The smallest absolute Gasteiger partial charge is 0.426 e. The van der Waals surface area contributed by atoms with Crippen LogP contribution in [-0.2, 0) is 0 Å². The summed E-state index contributed by atoms with van der Waals surface area (Å²) in [4.78, 5) is 10.5. The normalized spacial score (nSPS) is 9.38. The van der Waals surface area contributed by atoms with Gasteiger partial charge in [0.15, 0.2) is 0 Å². The van der Waals surface area contributed by atoms with Gasteiger partial charge in [-0.15, -0.1) is 0 Å². The molecule has 0 fully saturated rings. The van der Waals surface area contributed by atoms with Crippen molar-refractivity contribution in [1.82, 2.24) is 0 Å². The molecule has 1 rings (SSSR count). The summed E-state index contributed by atoms with van der Waals surface area (Å²) >= 11 is 0. The Labute approximate surface area is 75.3 Å². The second-order valence-corrected chi connectivity index (χ2v) is 2.32. The summed E-state index contributed by atoms with van der Waals surface area (Å²) in [7, 11) is 1.45. The fourth-order valence-electron chi connectivity index (χ4n) is 0.932. The Bertz CT molecular complexity index is 314. The molecule has 13 heavy (non-hydrogen) atoms. The van der Waals surface area contributed by atoms with Crippen molar-refractivity contribution in [3.63, 3.8) is 0 Å². The second kappa shape index (κ2) is 3.77. The van der Waals surface area contributed by atoms with E-state index in [2.05, 4.69) is 0 Å². The summed E-state index contributed by atoms with van der Waals surface area (Å²) in [6, 6.07) is 6.61. The number of hydrogen-bond donors (Lipinski definition) is 2. The average Bonchev–Trinajstić information content (AvgIpc) is 2.16. The van der Waals surface area contributed by atoms with Gasteiger partial charge in [0.2, 0.25) is 0 Å². The molecule has 1 aromatic rings. The molecular weight excluding hydrogens is 172 g/mol. The van der Waals surface area contributed by atoms with Crippen LogP contribution in [0.3, 0.4) is 0 Å². The van der Waals surface area contributed by atoms with Gasteiger partial charge in [0.25, 0.3) is 0 Å². The van der Waals surface area contributed by atoms with E-state index in [1.807, 2.05) is 0 Å². The molecule has 0 aliphatic rings. The number of anilines is 1. The van der Waals surface area contributed by atoms with E-state index < -0.39 is 6.09 Å². The van der Waals surface area contributed by atoms with Crippen molar-refractivity contribution in [2.75, 3.05) is 12.1 Å². The molecule has 0 spiro atoms. The van der Waals surface area contributed by atoms with E-state index in [1.165, 1.54) is 7.11 Å². The molecule has 1 amide bonds. The van der Waals surface area contributed by atoms with Crippen LogP contribution in [0.25, 0.3) is 0 Å². The Morgan fingerprint density at radius 2 is 2.15 bits per heavy atom. The number of carboxylic acid groups (broad SMARTS) is 1. The zero-order chi connectivity index (χ0) is 9.84. The Morgan fingerprint density at radius 3 is 2.69 bits per heavy atom. The van der Waals surface area contributed by atoms with Gasteiger partial charge in [0.05, 0.1) is 7.11 Å². The number of carbonyl (C=O) groups is 1. The van der Waals surface area contributed by atoms with Gasteiger partial charge in [-0.3, -0.25) is 0 Å². The SMILES string of the molecule is COc1ccccc1N(N)C(=O)O. The maximum atomic E-state index is 10.5. The molecule has 0 aliphatic carbocycles. The number of amides is 1. The van der Waals surface area contributed by atoms with Gasteiger partial charge in [-0.25, -0.2) is 15.6 Å². The lowest BCUT2D eigenvalue weighted by molar-refractivity contribution is 0.201. The van der Waals surface area contributed by atoms with Crippen LogP contribution in [0, 0.1) is 0 Å². The molecule has 0 unspecified atom stereocenters. The van der Waals surface area contributed by atoms with Crippen LogP contribution < -0.4 is 15.6 Å². The van der Waals surface area contributed by atoms with Crippen LogP contribution in [0.2, 0.25) is 0 Å². The number of nitrogens with two attached hydrogens (primary N) is 1. The molecule has 0 saturated heterocycles. The highest BCUT2D eigenvalue weighted by Gasteiger charge is 2.13. The second-order valence-electron chi connectivity index (χ2n) is 2.32. The molecule has 0 atom stereocenters. The van der Waals surface area contributed by atoms with Gasteiger partial charge in [0, 0.05) is 0 Å². The highest BCUT2D eigenvalue weighted by Crippen LogP contribution is 2.25. The molecule has 0 aromatic heterocycles. The van der Waals surface area contributed by atoms with Gasteiger partial charge in [0.1, 0.15) is 11.4 Å². The molecule has 3 N–H and O–H groups in total. The first-order chi connectivity index (χ1) is 6.16. The minimum absolute atomic E-state index is 0.317. The van der Waals surface area contributed by atoms with Crippen LogP contribution in [0.4, 0.5) is 10.5 Å². The number of nitrogens with zero attached hydrogens (tertiary/aromatic N) is 1. The molecule has 0 saturated carbocycles. The lowest BCUT2D eigenvalue weighted by Crippen LogP contribution is -2.36. The summed E-state index contributed by atoms with van der Waals surface area (Å²) in [6.45, 7) is 0. The first-order valence-electron chi connectivity index (χ1n) is 3.57. The number of para-hydroxylation sites is 2. The molecule has 0 bridgehead atoms. The van der Waals surface area contributed by atoms with E-state index in [9.17, 15) is 4.79 Å². The number of rotatable bonds is 2. The first kappa shape index (κ1) is 9.34. The summed E-state index contributed by atoms with van der Waals surface area (Å²) in [5.74, 6) is 5.69. The topological polar surface area (TPSA) is 75.8 Å². The lowest BCUT2D eigenvalue weighted by atomic mass is 10.3.